The molecule has 3 nitrogen and oxygen atoms in total. The Hall–Kier alpha value is -0.900. The van der Waals surface area contributed by atoms with Gasteiger partial charge in [0.1, 0.15) is 0 Å². The van der Waals surface area contributed by atoms with E-state index in [0.717, 1.165) is 25.9 Å². The molecule has 0 spiro atoms. The molecular weight excluding hydrogens is 204 g/mol. The Balaban J connectivity index is 1.63. The lowest BCUT2D eigenvalue weighted by molar-refractivity contribution is -0.356. The number of aryl methyl sites for hydroxylation is 1. The molecule has 16 heavy (non-hydrogen) atoms. The van der Waals surface area contributed by atoms with Crippen molar-refractivity contribution in [3.05, 3.63) is 35.9 Å². The predicted octanol–water partition coefficient (Wildman–Crippen LogP) is 2.11. The quantitative estimate of drug-likeness (QED) is 0.780. The molecule has 2 aliphatic rings. The van der Waals surface area contributed by atoms with Crippen molar-refractivity contribution < 1.29 is 14.2 Å². The predicted molar refractivity (Wildman–Crippen MR) is 58.9 cm³/mol. The van der Waals surface area contributed by atoms with Gasteiger partial charge in [0.2, 0.25) is 0 Å². The SMILES string of the molecule is c1ccc(CCC23OCCC(CO2)O3)cc1. The van der Waals surface area contributed by atoms with Crippen molar-refractivity contribution in [3.8, 4) is 0 Å². The summed E-state index contributed by atoms with van der Waals surface area (Å²) in [5, 5.41) is 0. The van der Waals surface area contributed by atoms with Gasteiger partial charge in [0.15, 0.2) is 0 Å². The minimum atomic E-state index is -0.751. The summed E-state index contributed by atoms with van der Waals surface area (Å²) in [7, 11) is 0. The molecule has 2 saturated heterocycles. The summed E-state index contributed by atoms with van der Waals surface area (Å²) in [5.41, 5.74) is 1.29. The van der Waals surface area contributed by atoms with Crippen molar-refractivity contribution in [1.29, 1.82) is 0 Å². The first kappa shape index (κ1) is 10.3. The first-order valence-corrected chi connectivity index (χ1v) is 5.86. The van der Waals surface area contributed by atoms with Gasteiger partial charge in [-0.1, -0.05) is 30.3 Å². The van der Waals surface area contributed by atoms with Gasteiger partial charge in [0.25, 0.3) is 5.97 Å². The van der Waals surface area contributed by atoms with Crippen LogP contribution < -0.4 is 0 Å². The standard InChI is InChI=1S/C13H16O3/c1-2-4-11(5-3-1)6-8-13-14-9-7-12(16-13)10-15-13/h1-5,12H,6-10H2. The molecule has 0 radical (unpaired) electrons. The summed E-state index contributed by atoms with van der Waals surface area (Å²) in [6.45, 7) is 1.42. The lowest BCUT2D eigenvalue weighted by Crippen LogP contribution is -2.39. The summed E-state index contributed by atoms with van der Waals surface area (Å²) in [4.78, 5) is 0. The average molecular weight is 220 g/mol. The smallest absolute Gasteiger partial charge is 0.283 e. The molecule has 0 aliphatic carbocycles. The molecule has 1 aromatic carbocycles. The molecule has 86 valence electrons. The molecule has 2 heterocycles. The molecule has 0 N–H and O–H groups in total. The molecule has 0 amide bonds. The highest BCUT2D eigenvalue weighted by atomic mass is 16.9. The lowest BCUT2D eigenvalue weighted by Gasteiger charge is -2.31. The van der Waals surface area contributed by atoms with E-state index in [1.807, 2.05) is 18.2 Å². The number of hydrogen-bond donors (Lipinski definition) is 0. The lowest BCUT2D eigenvalue weighted by atomic mass is 10.1. The maximum atomic E-state index is 5.76. The minimum absolute atomic E-state index is 0.240. The van der Waals surface area contributed by atoms with Gasteiger partial charge in [0, 0.05) is 6.42 Å². The molecular formula is C13H16O3. The maximum absolute atomic E-state index is 5.76. The van der Waals surface area contributed by atoms with Gasteiger partial charge in [-0.25, -0.2) is 0 Å². The van der Waals surface area contributed by atoms with E-state index in [-0.39, 0.29) is 6.10 Å². The van der Waals surface area contributed by atoms with Crippen molar-refractivity contribution in [1.82, 2.24) is 0 Å². The summed E-state index contributed by atoms with van der Waals surface area (Å²) in [6.07, 6.45) is 2.89. The molecule has 3 heteroatoms. The van der Waals surface area contributed by atoms with Crippen LogP contribution in [0.5, 0.6) is 0 Å². The summed E-state index contributed by atoms with van der Waals surface area (Å²) in [5.74, 6) is -0.751. The van der Waals surface area contributed by atoms with Gasteiger partial charge in [-0.05, 0) is 18.4 Å². The van der Waals surface area contributed by atoms with Crippen LogP contribution in [0.4, 0.5) is 0 Å². The third-order valence-corrected chi connectivity index (χ3v) is 3.16. The number of ether oxygens (including phenoxy) is 3. The molecule has 2 atom stereocenters. The zero-order valence-electron chi connectivity index (χ0n) is 9.22. The van der Waals surface area contributed by atoms with Gasteiger partial charge in [-0.3, -0.25) is 0 Å². The Morgan fingerprint density at radius 3 is 2.94 bits per heavy atom. The summed E-state index contributed by atoms with van der Waals surface area (Å²) >= 11 is 0. The normalized spacial score (nSPS) is 32.9. The van der Waals surface area contributed by atoms with Crippen LogP contribution in [0.15, 0.2) is 30.3 Å². The fourth-order valence-corrected chi connectivity index (χ4v) is 2.25. The van der Waals surface area contributed by atoms with Crippen LogP contribution in [0.25, 0.3) is 0 Å². The highest BCUT2D eigenvalue weighted by Crippen LogP contribution is 2.35. The van der Waals surface area contributed by atoms with Gasteiger partial charge >= 0.3 is 0 Å². The van der Waals surface area contributed by atoms with E-state index in [1.54, 1.807) is 0 Å². The van der Waals surface area contributed by atoms with Crippen molar-refractivity contribution in [3.63, 3.8) is 0 Å². The van der Waals surface area contributed by atoms with Crippen LogP contribution in [0.3, 0.4) is 0 Å². The second kappa shape index (κ2) is 4.17. The van der Waals surface area contributed by atoms with Crippen molar-refractivity contribution >= 4 is 0 Å². The Morgan fingerprint density at radius 1 is 1.19 bits per heavy atom. The zero-order valence-corrected chi connectivity index (χ0v) is 9.22. The minimum Gasteiger partial charge on any atom is -0.327 e. The monoisotopic (exact) mass is 220 g/mol. The van der Waals surface area contributed by atoms with Gasteiger partial charge in [0.05, 0.1) is 19.3 Å². The first-order valence-electron chi connectivity index (χ1n) is 5.86. The van der Waals surface area contributed by atoms with E-state index in [4.69, 9.17) is 14.2 Å². The van der Waals surface area contributed by atoms with Crippen LogP contribution in [-0.4, -0.2) is 25.3 Å². The van der Waals surface area contributed by atoms with Crippen molar-refractivity contribution in [2.24, 2.45) is 0 Å². The maximum Gasteiger partial charge on any atom is 0.283 e. The van der Waals surface area contributed by atoms with E-state index in [1.165, 1.54) is 5.56 Å². The van der Waals surface area contributed by atoms with Gasteiger partial charge < -0.3 is 14.2 Å². The number of rotatable bonds is 3. The molecule has 0 saturated carbocycles. The zero-order chi connectivity index (χ0) is 10.8. The average Bonchev–Trinajstić information content (AvgIpc) is 2.64. The first-order chi connectivity index (χ1) is 7.86. The Bertz CT molecular complexity index is 347. The Labute approximate surface area is 95.3 Å². The van der Waals surface area contributed by atoms with Crippen LogP contribution in [0.1, 0.15) is 18.4 Å². The van der Waals surface area contributed by atoms with Crippen molar-refractivity contribution in [2.45, 2.75) is 31.3 Å². The Morgan fingerprint density at radius 2 is 2.06 bits per heavy atom. The van der Waals surface area contributed by atoms with E-state index in [9.17, 15) is 0 Å². The second-order valence-electron chi connectivity index (χ2n) is 4.36. The molecule has 2 bridgehead atoms. The number of hydrogen-bond acceptors (Lipinski definition) is 3. The topological polar surface area (TPSA) is 27.7 Å². The number of fused-ring (bicyclic) bond motifs is 2. The largest absolute Gasteiger partial charge is 0.327 e. The third kappa shape index (κ3) is 1.98. The van der Waals surface area contributed by atoms with Crippen LogP contribution in [-0.2, 0) is 20.6 Å². The summed E-state index contributed by atoms with van der Waals surface area (Å²) < 4.78 is 17.0. The van der Waals surface area contributed by atoms with Crippen LogP contribution in [0.2, 0.25) is 0 Å². The number of benzene rings is 1. The fourth-order valence-electron chi connectivity index (χ4n) is 2.25. The van der Waals surface area contributed by atoms with Crippen LogP contribution >= 0.6 is 0 Å². The van der Waals surface area contributed by atoms with Crippen molar-refractivity contribution in [2.75, 3.05) is 13.2 Å². The third-order valence-electron chi connectivity index (χ3n) is 3.16. The Kier molecular flexibility index (Phi) is 2.67. The summed E-state index contributed by atoms with van der Waals surface area (Å²) in [6, 6.07) is 10.4. The molecule has 2 aliphatic heterocycles. The molecule has 2 fully saturated rings. The highest BCUT2D eigenvalue weighted by molar-refractivity contribution is 5.14. The fraction of sp³-hybridized carbons (Fsp3) is 0.538. The van der Waals surface area contributed by atoms with E-state index in [0.29, 0.717) is 6.61 Å². The molecule has 2 unspecified atom stereocenters. The van der Waals surface area contributed by atoms with E-state index in [2.05, 4.69) is 12.1 Å². The molecule has 3 rings (SSSR count). The second-order valence-corrected chi connectivity index (χ2v) is 4.36. The molecule has 1 aromatic rings. The highest BCUT2D eigenvalue weighted by Gasteiger charge is 2.45. The van der Waals surface area contributed by atoms with E-state index >= 15 is 0 Å². The van der Waals surface area contributed by atoms with Gasteiger partial charge in [-0.2, -0.15) is 0 Å². The van der Waals surface area contributed by atoms with Crippen LogP contribution in [0, 0.1) is 0 Å². The van der Waals surface area contributed by atoms with E-state index < -0.39 is 5.97 Å². The van der Waals surface area contributed by atoms with Gasteiger partial charge in [-0.15, -0.1) is 0 Å². The molecule has 0 aromatic heterocycles.